The van der Waals surface area contributed by atoms with Gasteiger partial charge in [-0.2, -0.15) is 17.0 Å². The zero-order valence-electron chi connectivity index (χ0n) is 13.2. The summed E-state index contributed by atoms with van der Waals surface area (Å²) in [6, 6.07) is 9.77. The fraction of sp³-hybridized carbons (Fsp3) is 0.529. The number of nitrogens with zero attached hydrogens (tertiary/aromatic N) is 2. The van der Waals surface area contributed by atoms with Gasteiger partial charge in [0, 0.05) is 24.3 Å². The normalized spacial score (nSPS) is 20.8. The highest BCUT2D eigenvalue weighted by Gasteiger charge is 2.29. The van der Waals surface area contributed by atoms with Gasteiger partial charge < -0.3 is 10.2 Å². The lowest BCUT2D eigenvalue weighted by Gasteiger charge is -2.28. The molecule has 4 nitrogen and oxygen atoms in total. The molecule has 2 atom stereocenters. The molecule has 1 aliphatic carbocycles. The lowest BCUT2D eigenvalue weighted by Crippen LogP contribution is -2.37. The van der Waals surface area contributed by atoms with Crippen LogP contribution in [0.1, 0.15) is 31.2 Å². The SMILES string of the molecule is CS[C@H]1CCC[C@@H]1N(C)CCC(=O)Nc1ccccc1C#N. The van der Waals surface area contributed by atoms with Crippen molar-refractivity contribution in [1.82, 2.24) is 4.90 Å². The molecule has 5 heteroatoms. The maximum atomic E-state index is 12.1. The van der Waals surface area contributed by atoms with Gasteiger partial charge in [0.2, 0.25) is 5.91 Å². The molecule has 0 saturated heterocycles. The van der Waals surface area contributed by atoms with Gasteiger partial charge in [0.05, 0.1) is 11.3 Å². The number of hydrogen-bond acceptors (Lipinski definition) is 4. The monoisotopic (exact) mass is 317 g/mol. The Morgan fingerprint density at radius 2 is 2.23 bits per heavy atom. The summed E-state index contributed by atoms with van der Waals surface area (Å²) in [5.74, 6) is -0.0340. The summed E-state index contributed by atoms with van der Waals surface area (Å²) in [5, 5.41) is 12.6. The van der Waals surface area contributed by atoms with E-state index in [2.05, 4.69) is 29.6 Å². The third kappa shape index (κ3) is 4.25. The van der Waals surface area contributed by atoms with Crippen LogP contribution < -0.4 is 5.32 Å². The zero-order chi connectivity index (χ0) is 15.9. The predicted molar refractivity (Wildman–Crippen MR) is 92.0 cm³/mol. The van der Waals surface area contributed by atoms with Gasteiger partial charge >= 0.3 is 0 Å². The maximum Gasteiger partial charge on any atom is 0.225 e. The van der Waals surface area contributed by atoms with Crippen molar-refractivity contribution in [3.8, 4) is 6.07 Å². The first-order valence-electron chi connectivity index (χ1n) is 7.67. The Kier molecular flexibility index (Phi) is 6.29. The van der Waals surface area contributed by atoms with Gasteiger partial charge in [-0.25, -0.2) is 0 Å². The fourth-order valence-electron chi connectivity index (χ4n) is 3.03. The van der Waals surface area contributed by atoms with Crippen molar-refractivity contribution in [1.29, 1.82) is 5.26 Å². The highest BCUT2D eigenvalue weighted by atomic mass is 32.2. The highest BCUT2D eigenvalue weighted by molar-refractivity contribution is 7.99. The molecule has 0 spiro atoms. The molecule has 1 amide bonds. The van der Waals surface area contributed by atoms with Gasteiger partial charge in [-0.1, -0.05) is 18.6 Å². The number of carbonyl (C=O) groups is 1. The smallest absolute Gasteiger partial charge is 0.225 e. The summed E-state index contributed by atoms with van der Waals surface area (Å²) in [6.45, 7) is 0.752. The molecular formula is C17H23N3OS. The second-order valence-corrected chi connectivity index (χ2v) is 6.79. The zero-order valence-corrected chi connectivity index (χ0v) is 14.0. The number of carbonyl (C=O) groups excluding carboxylic acids is 1. The van der Waals surface area contributed by atoms with Crippen LogP contribution >= 0.6 is 11.8 Å². The molecule has 2 rings (SSSR count). The molecule has 0 aromatic heterocycles. The lowest BCUT2D eigenvalue weighted by atomic mass is 10.2. The molecule has 0 unspecified atom stereocenters. The molecule has 1 aromatic rings. The van der Waals surface area contributed by atoms with E-state index in [1.54, 1.807) is 18.2 Å². The van der Waals surface area contributed by atoms with Crippen molar-refractivity contribution >= 4 is 23.4 Å². The Hall–Kier alpha value is -1.51. The molecule has 118 valence electrons. The molecule has 0 aliphatic heterocycles. The standard InChI is InChI=1S/C17H23N3OS/c1-20(15-8-5-9-16(15)22-2)11-10-17(21)19-14-7-4-3-6-13(14)12-18/h3-4,6-7,15-16H,5,8-11H2,1-2H3,(H,19,21)/t15-,16-/m0/s1. The van der Waals surface area contributed by atoms with Crippen LogP contribution in [0.25, 0.3) is 0 Å². The van der Waals surface area contributed by atoms with Crippen LogP contribution in [0, 0.1) is 11.3 Å². The maximum absolute atomic E-state index is 12.1. The van der Waals surface area contributed by atoms with Crippen LogP contribution in [0.2, 0.25) is 0 Å². The van der Waals surface area contributed by atoms with Gasteiger partial charge in [0.25, 0.3) is 0 Å². The molecule has 1 N–H and O–H groups in total. The van der Waals surface area contributed by atoms with E-state index >= 15 is 0 Å². The molecular weight excluding hydrogens is 294 g/mol. The summed E-state index contributed by atoms with van der Waals surface area (Å²) < 4.78 is 0. The average Bonchev–Trinajstić information content (AvgIpc) is 3.01. The molecule has 1 aliphatic rings. The Morgan fingerprint density at radius 3 is 2.95 bits per heavy atom. The molecule has 0 heterocycles. The molecule has 22 heavy (non-hydrogen) atoms. The minimum absolute atomic E-state index is 0.0340. The number of nitrogens with one attached hydrogen (secondary N) is 1. The second-order valence-electron chi connectivity index (χ2n) is 5.71. The van der Waals surface area contributed by atoms with Crippen molar-refractivity contribution < 1.29 is 4.79 Å². The van der Waals surface area contributed by atoms with Crippen molar-refractivity contribution in [2.45, 2.75) is 37.0 Å². The van der Waals surface area contributed by atoms with E-state index < -0.39 is 0 Å². The largest absolute Gasteiger partial charge is 0.325 e. The minimum atomic E-state index is -0.0340. The predicted octanol–water partition coefficient (Wildman–Crippen LogP) is 3.10. The summed E-state index contributed by atoms with van der Waals surface area (Å²) in [4.78, 5) is 14.4. The van der Waals surface area contributed by atoms with Gasteiger partial charge in [-0.05, 0) is 38.3 Å². The molecule has 1 fully saturated rings. The van der Waals surface area contributed by atoms with Gasteiger partial charge in [-0.15, -0.1) is 0 Å². The highest BCUT2D eigenvalue weighted by Crippen LogP contribution is 2.31. The third-order valence-electron chi connectivity index (χ3n) is 4.30. The van der Waals surface area contributed by atoms with Gasteiger partial charge in [0.15, 0.2) is 0 Å². The van der Waals surface area contributed by atoms with E-state index in [1.165, 1.54) is 19.3 Å². The van der Waals surface area contributed by atoms with Crippen molar-refractivity contribution in [3.63, 3.8) is 0 Å². The van der Waals surface area contributed by atoms with E-state index in [4.69, 9.17) is 5.26 Å². The first kappa shape index (κ1) is 16.9. The Morgan fingerprint density at radius 1 is 1.45 bits per heavy atom. The van der Waals surface area contributed by atoms with E-state index in [-0.39, 0.29) is 5.91 Å². The van der Waals surface area contributed by atoms with Crippen LogP contribution in [0.3, 0.4) is 0 Å². The average molecular weight is 317 g/mol. The topological polar surface area (TPSA) is 56.1 Å². The number of hydrogen-bond donors (Lipinski definition) is 1. The number of thioether (sulfide) groups is 1. The van der Waals surface area contributed by atoms with E-state index in [0.29, 0.717) is 29.0 Å². The molecule has 1 saturated carbocycles. The van der Waals surface area contributed by atoms with Crippen molar-refractivity contribution in [2.24, 2.45) is 0 Å². The van der Waals surface area contributed by atoms with Gasteiger partial charge in [0.1, 0.15) is 6.07 Å². The Balaban J connectivity index is 1.84. The first-order valence-corrected chi connectivity index (χ1v) is 8.96. The Bertz CT molecular complexity index is 555. The van der Waals surface area contributed by atoms with Crippen LogP contribution in [-0.2, 0) is 4.79 Å². The number of nitriles is 1. The summed E-state index contributed by atoms with van der Waals surface area (Å²) >= 11 is 1.93. The summed E-state index contributed by atoms with van der Waals surface area (Å²) in [7, 11) is 2.11. The molecule has 0 bridgehead atoms. The molecule has 1 aromatic carbocycles. The van der Waals surface area contributed by atoms with E-state index in [1.807, 2.05) is 17.8 Å². The number of amides is 1. The van der Waals surface area contributed by atoms with Crippen LogP contribution in [0.5, 0.6) is 0 Å². The summed E-state index contributed by atoms with van der Waals surface area (Å²) in [6.07, 6.45) is 6.40. The van der Waals surface area contributed by atoms with Crippen molar-refractivity contribution in [3.05, 3.63) is 29.8 Å². The van der Waals surface area contributed by atoms with E-state index in [0.717, 1.165) is 6.54 Å². The lowest BCUT2D eigenvalue weighted by molar-refractivity contribution is -0.116. The van der Waals surface area contributed by atoms with Crippen molar-refractivity contribution in [2.75, 3.05) is 25.2 Å². The number of benzene rings is 1. The summed E-state index contributed by atoms with van der Waals surface area (Å²) in [5.41, 5.74) is 1.10. The number of rotatable bonds is 6. The molecule has 0 radical (unpaired) electrons. The van der Waals surface area contributed by atoms with Gasteiger partial charge in [-0.3, -0.25) is 4.79 Å². The number of para-hydroxylation sites is 1. The van der Waals surface area contributed by atoms with Crippen LogP contribution in [-0.4, -0.2) is 41.9 Å². The van der Waals surface area contributed by atoms with Crippen LogP contribution in [0.15, 0.2) is 24.3 Å². The number of anilines is 1. The fourth-order valence-corrected chi connectivity index (χ4v) is 4.09. The first-order chi connectivity index (χ1) is 10.7. The van der Waals surface area contributed by atoms with E-state index in [9.17, 15) is 4.79 Å². The van der Waals surface area contributed by atoms with Crippen LogP contribution in [0.4, 0.5) is 5.69 Å². The minimum Gasteiger partial charge on any atom is -0.325 e. The Labute approximate surface area is 136 Å². The quantitative estimate of drug-likeness (QED) is 0.876. The second kappa shape index (κ2) is 8.21. The third-order valence-corrected chi connectivity index (χ3v) is 5.46.